The van der Waals surface area contributed by atoms with Crippen molar-refractivity contribution in [1.82, 2.24) is 0 Å². The predicted octanol–water partition coefficient (Wildman–Crippen LogP) is 5.06. The second kappa shape index (κ2) is 13.7. The van der Waals surface area contributed by atoms with Crippen LogP contribution in [0.5, 0.6) is 5.75 Å². The van der Waals surface area contributed by atoms with E-state index in [1.54, 1.807) is 36.4 Å². The second-order valence-corrected chi connectivity index (χ2v) is 7.44. The van der Waals surface area contributed by atoms with E-state index >= 15 is 0 Å². The molecule has 33 heavy (non-hydrogen) atoms. The Kier molecular flexibility index (Phi) is 10.7. The van der Waals surface area contributed by atoms with E-state index in [0.717, 1.165) is 18.9 Å². The van der Waals surface area contributed by atoms with Crippen LogP contribution in [0.2, 0.25) is 0 Å². The SMILES string of the molecule is CCCCCCCc1ccc(C(=O)Nc2ccccc2O/C(=C/C(=O)OC)C(=O)OC)cc1. The van der Waals surface area contributed by atoms with Crippen LogP contribution in [0.3, 0.4) is 0 Å². The van der Waals surface area contributed by atoms with Crippen molar-refractivity contribution >= 4 is 23.5 Å². The molecule has 2 aromatic rings. The summed E-state index contributed by atoms with van der Waals surface area (Å²) < 4.78 is 14.8. The maximum atomic E-state index is 12.8. The van der Waals surface area contributed by atoms with Crippen LogP contribution in [-0.2, 0) is 25.5 Å². The fraction of sp³-hybridized carbons (Fsp3) is 0.346. The van der Waals surface area contributed by atoms with Crippen LogP contribution >= 0.6 is 0 Å². The van der Waals surface area contributed by atoms with Crippen molar-refractivity contribution in [2.24, 2.45) is 0 Å². The number of ether oxygens (including phenoxy) is 3. The topological polar surface area (TPSA) is 90.9 Å². The minimum atomic E-state index is -0.855. The normalized spacial score (nSPS) is 10.9. The first-order chi connectivity index (χ1) is 16.0. The van der Waals surface area contributed by atoms with E-state index in [0.29, 0.717) is 11.3 Å². The molecule has 0 aliphatic heterocycles. The number of aryl methyl sites for hydroxylation is 1. The molecule has 0 radical (unpaired) electrons. The Hall–Kier alpha value is -3.61. The molecule has 0 heterocycles. The molecule has 1 N–H and O–H groups in total. The van der Waals surface area contributed by atoms with Gasteiger partial charge in [0.1, 0.15) is 0 Å². The monoisotopic (exact) mass is 453 g/mol. The van der Waals surface area contributed by atoms with Gasteiger partial charge in [-0.25, -0.2) is 9.59 Å². The maximum Gasteiger partial charge on any atom is 0.374 e. The van der Waals surface area contributed by atoms with Crippen LogP contribution in [-0.4, -0.2) is 32.1 Å². The number of esters is 2. The Bertz CT molecular complexity index is 965. The molecule has 176 valence electrons. The molecule has 0 fully saturated rings. The summed E-state index contributed by atoms with van der Waals surface area (Å²) in [7, 11) is 2.35. The number of nitrogens with one attached hydrogen (secondary N) is 1. The van der Waals surface area contributed by atoms with Crippen LogP contribution in [0.25, 0.3) is 0 Å². The lowest BCUT2D eigenvalue weighted by molar-refractivity contribution is -0.140. The fourth-order valence-electron chi connectivity index (χ4n) is 3.12. The van der Waals surface area contributed by atoms with Gasteiger partial charge >= 0.3 is 11.9 Å². The fourth-order valence-corrected chi connectivity index (χ4v) is 3.12. The summed E-state index contributed by atoms with van der Waals surface area (Å²) in [6.07, 6.45) is 7.97. The van der Waals surface area contributed by atoms with E-state index in [9.17, 15) is 14.4 Å². The zero-order valence-electron chi connectivity index (χ0n) is 19.4. The number of carbonyl (C=O) groups is 3. The highest BCUT2D eigenvalue weighted by Gasteiger charge is 2.18. The lowest BCUT2D eigenvalue weighted by atomic mass is 10.0. The van der Waals surface area contributed by atoms with Gasteiger partial charge in [-0.05, 0) is 42.7 Å². The smallest absolute Gasteiger partial charge is 0.374 e. The van der Waals surface area contributed by atoms with E-state index in [2.05, 4.69) is 21.7 Å². The van der Waals surface area contributed by atoms with Crippen molar-refractivity contribution in [3.05, 3.63) is 71.5 Å². The largest absolute Gasteiger partial charge is 0.466 e. The van der Waals surface area contributed by atoms with E-state index < -0.39 is 11.9 Å². The standard InChI is InChI=1S/C26H31NO6/c1-4-5-6-7-8-11-19-14-16-20(17-15-19)25(29)27-21-12-9-10-13-22(21)33-23(26(30)32-3)18-24(28)31-2/h9-10,12-18H,4-8,11H2,1-3H3,(H,27,29)/b23-18+. The van der Waals surface area contributed by atoms with Gasteiger partial charge in [-0.3, -0.25) is 4.79 Å². The lowest BCUT2D eigenvalue weighted by Crippen LogP contribution is -2.16. The maximum absolute atomic E-state index is 12.8. The summed E-state index contributed by atoms with van der Waals surface area (Å²) in [5, 5.41) is 2.78. The van der Waals surface area contributed by atoms with Crippen molar-refractivity contribution in [2.75, 3.05) is 19.5 Å². The van der Waals surface area contributed by atoms with E-state index in [4.69, 9.17) is 4.74 Å². The lowest BCUT2D eigenvalue weighted by Gasteiger charge is -2.13. The molecule has 0 aliphatic carbocycles. The van der Waals surface area contributed by atoms with Crippen LogP contribution in [0.1, 0.15) is 54.9 Å². The van der Waals surface area contributed by atoms with Crippen LogP contribution in [0, 0.1) is 0 Å². The zero-order chi connectivity index (χ0) is 24.1. The van der Waals surface area contributed by atoms with Gasteiger partial charge in [0.15, 0.2) is 5.75 Å². The number of amides is 1. The predicted molar refractivity (Wildman–Crippen MR) is 126 cm³/mol. The number of methoxy groups -OCH3 is 2. The molecule has 0 saturated carbocycles. The molecule has 0 spiro atoms. The average molecular weight is 454 g/mol. The molecule has 1 amide bonds. The quantitative estimate of drug-likeness (QED) is 0.209. The summed E-state index contributed by atoms with van der Waals surface area (Å²) in [4.78, 5) is 36.3. The van der Waals surface area contributed by atoms with Crippen molar-refractivity contribution in [2.45, 2.75) is 45.4 Å². The summed E-state index contributed by atoms with van der Waals surface area (Å²) in [5.74, 6) is -2.14. The molecular weight excluding hydrogens is 422 g/mol. The van der Waals surface area contributed by atoms with E-state index in [-0.39, 0.29) is 17.4 Å². The molecule has 7 heteroatoms. The van der Waals surface area contributed by atoms with Gasteiger partial charge in [-0.15, -0.1) is 0 Å². The Morgan fingerprint density at radius 1 is 0.879 bits per heavy atom. The molecule has 0 saturated heterocycles. The van der Waals surface area contributed by atoms with Gasteiger partial charge in [-0.1, -0.05) is 56.9 Å². The first-order valence-corrected chi connectivity index (χ1v) is 11.0. The number of para-hydroxylation sites is 2. The molecule has 0 atom stereocenters. The summed E-state index contributed by atoms with van der Waals surface area (Å²) in [6, 6.07) is 14.1. The van der Waals surface area contributed by atoms with Gasteiger partial charge in [0, 0.05) is 5.56 Å². The van der Waals surface area contributed by atoms with Crippen molar-refractivity contribution < 1.29 is 28.6 Å². The van der Waals surface area contributed by atoms with Crippen LogP contribution in [0.15, 0.2) is 60.4 Å². The van der Waals surface area contributed by atoms with Gasteiger partial charge in [-0.2, -0.15) is 0 Å². The molecule has 0 bridgehead atoms. The van der Waals surface area contributed by atoms with Crippen molar-refractivity contribution in [1.29, 1.82) is 0 Å². The van der Waals surface area contributed by atoms with Crippen LogP contribution in [0.4, 0.5) is 5.69 Å². The number of carbonyl (C=O) groups excluding carboxylic acids is 3. The Morgan fingerprint density at radius 3 is 2.24 bits per heavy atom. The molecule has 2 rings (SSSR count). The van der Waals surface area contributed by atoms with Gasteiger partial charge in [0.25, 0.3) is 5.91 Å². The molecule has 7 nitrogen and oxygen atoms in total. The summed E-state index contributed by atoms with van der Waals surface area (Å²) in [6.45, 7) is 2.20. The number of rotatable bonds is 12. The first-order valence-electron chi connectivity index (χ1n) is 11.0. The number of unbranched alkanes of at least 4 members (excludes halogenated alkanes) is 4. The number of hydrogen-bond acceptors (Lipinski definition) is 6. The summed E-state index contributed by atoms with van der Waals surface area (Å²) in [5.41, 5.74) is 2.03. The Morgan fingerprint density at radius 2 is 1.58 bits per heavy atom. The number of hydrogen-bond donors (Lipinski definition) is 1. The van der Waals surface area contributed by atoms with Crippen molar-refractivity contribution in [3.8, 4) is 5.75 Å². The minimum Gasteiger partial charge on any atom is -0.466 e. The molecular formula is C26H31NO6. The minimum absolute atomic E-state index is 0.176. The van der Waals surface area contributed by atoms with Crippen molar-refractivity contribution in [3.63, 3.8) is 0 Å². The van der Waals surface area contributed by atoms with Gasteiger partial charge in [0.2, 0.25) is 5.76 Å². The third-order valence-electron chi connectivity index (χ3n) is 4.98. The highest BCUT2D eigenvalue weighted by atomic mass is 16.6. The first kappa shape index (κ1) is 25.6. The summed E-state index contributed by atoms with van der Waals surface area (Å²) >= 11 is 0. The molecule has 0 aromatic heterocycles. The van der Waals surface area contributed by atoms with Gasteiger partial charge < -0.3 is 19.5 Å². The molecule has 0 aliphatic rings. The number of benzene rings is 2. The highest BCUT2D eigenvalue weighted by molar-refractivity contribution is 6.05. The second-order valence-electron chi connectivity index (χ2n) is 7.44. The third kappa shape index (κ3) is 8.44. The molecule has 0 unspecified atom stereocenters. The Labute approximate surface area is 194 Å². The van der Waals surface area contributed by atoms with E-state index in [1.807, 2.05) is 12.1 Å². The third-order valence-corrected chi connectivity index (χ3v) is 4.98. The van der Waals surface area contributed by atoms with Gasteiger partial charge in [0.05, 0.1) is 26.0 Å². The zero-order valence-corrected chi connectivity index (χ0v) is 19.4. The Balaban J connectivity index is 2.07. The van der Waals surface area contributed by atoms with E-state index in [1.165, 1.54) is 45.5 Å². The number of anilines is 1. The molecule has 2 aromatic carbocycles. The average Bonchev–Trinajstić information content (AvgIpc) is 2.84. The van der Waals surface area contributed by atoms with Crippen LogP contribution < -0.4 is 10.1 Å². The highest BCUT2D eigenvalue weighted by Crippen LogP contribution is 2.27.